The molecule has 1 aromatic rings. The molecule has 20 heavy (non-hydrogen) atoms. The average Bonchev–Trinajstić information content (AvgIpc) is 2.48. The lowest BCUT2D eigenvalue weighted by Gasteiger charge is -2.35. The van der Waals surface area contributed by atoms with Crippen molar-refractivity contribution < 1.29 is 13.2 Å². The number of anilines is 1. The van der Waals surface area contributed by atoms with Crippen molar-refractivity contribution in [3.8, 4) is 0 Å². The Bertz CT molecular complexity index is 540. The van der Waals surface area contributed by atoms with Gasteiger partial charge in [-0.2, -0.15) is 0 Å². The van der Waals surface area contributed by atoms with Gasteiger partial charge in [-0.15, -0.1) is 0 Å². The first kappa shape index (κ1) is 15.3. The third kappa shape index (κ3) is 3.33. The van der Waals surface area contributed by atoms with Crippen LogP contribution < -0.4 is 4.90 Å². The molecule has 1 saturated heterocycles. The van der Waals surface area contributed by atoms with Gasteiger partial charge in [-0.25, -0.2) is 8.42 Å². The van der Waals surface area contributed by atoms with Crippen molar-refractivity contribution in [3.63, 3.8) is 0 Å². The van der Waals surface area contributed by atoms with Gasteiger partial charge in [0.15, 0.2) is 9.84 Å². The van der Waals surface area contributed by atoms with E-state index in [2.05, 4.69) is 4.90 Å². The molecular weight excluding hydrogens is 274 g/mol. The monoisotopic (exact) mass is 297 g/mol. The van der Waals surface area contributed by atoms with Crippen LogP contribution in [-0.4, -0.2) is 40.0 Å². The second kappa shape index (κ2) is 6.59. The SMILES string of the molecule is CCO[C@@H]1CCCN(c2ccccc2S(=O)(=O)CC)C1. The van der Waals surface area contributed by atoms with Gasteiger partial charge in [0.1, 0.15) is 0 Å². The molecule has 0 saturated carbocycles. The molecule has 1 fully saturated rings. The Morgan fingerprint density at radius 3 is 2.75 bits per heavy atom. The fraction of sp³-hybridized carbons (Fsp3) is 0.600. The predicted molar refractivity (Wildman–Crippen MR) is 81.0 cm³/mol. The summed E-state index contributed by atoms with van der Waals surface area (Å²) in [5.74, 6) is 0.132. The summed E-state index contributed by atoms with van der Waals surface area (Å²) in [5.41, 5.74) is 0.818. The van der Waals surface area contributed by atoms with Crippen LogP contribution in [-0.2, 0) is 14.6 Å². The van der Waals surface area contributed by atoms with Gasteiger partial charge in [0.2, 0.25) is 0 Å². The van der Waals surface area contributed by atoms with Crippen molar-refractivity contribution in [3.05, 3.63) is 24.3 Å². The van der Waals surface area contributed by atoms with E-state index in [-0.39, 0.29) is 11.9 Å². The largest absolute Gasteiger partial charge is 0.377 e. The van der Waals surface area contributed by atoms with Crippen LogP contribution in [0.15, 0.2) is 29.2 Å². The minimum atomic E-state index is -3.19. The van der Waals surface area contributed by atoms with Crippen LogP contribution in [0, 0.1) is 0 Å². The van der Waals surface area contributed by atoms with Gasteiger partial charge in [-0.05, 0) is 31.9 Å². The molecule has 1 aromatic carbocycles. The lowest BCUT2D eigenvalue weighted by Crippen LogP contribution is -2.40. The highest BCUT2D eigenvalue weighted by atomic mass is 32.2. The van der Waals surface area contributed by atoms with E-state index in [1.807, 2.05) is 19.1 Å². The van der Waals surface area contributed by atoms with Crippen LogP contribution >= 0.6 is 0 Å². The van der Waals surface area contributed by atoms with Crippen LogP contribution in [0.1, 0.15) is 26.7 Å². The second-order valence-corrected chi connectivity index (χ2v) is 7.28. The maximum absolute atomic E-state index is 12.2. The molecule has 1 aliphatic heterocycles. The zero-order chi connectivity index (χ0) is 14.6. The number of sulfone groups is 1. The quantitative estimate of drug-likeness (QED) is 0.837. The standard InChI is InChI=1S/C15H23NO3S/c1-3-19-13-8-7-11-16(12-13)14-9-5-6-10-15(14)20(17,18)4-2/h5-6,9-10,13H,3-4,7-8,11-12H2,1-2H3/t13-/m1/s1. The summed E-state index contributed by atoms with van der Waals surface area (Å²) < 4.78 is 30.1. The maximum Gasteiger partial charge on any atom is 0.180 e. The molecular formula is C15H23NO3S. The molecule has 0 radical (unpaired) electrons. The van der Waals surface area contributed by atoms with E-state index in [0.29, 0.717) is 11.5 Å². The number of para-hydroxylation sites is 1. The number of piperidine rings is 1. The molecule has 0 amide bonds. The molecule has 0 bridgehead atoms. The fourth-order valence-electron chi connectivity index (χ4n) is 2.67. The van der Waals surface area contributed by atoms with Gasteiger partial charge in [0, 0.05) is 19.7 Å². The van der Waals surface area contributed by atoms with Crippen LogP contribution in [0.25, 0.3) is 0 Å². The van der Waals surface area contributed by atoms with E-state index in [9.17, 15) is 8.42 Å². The molecule has 4 nitrogen and oxygen atoms in total. The van der Waals surface area contributed by atoms with Crippen LogP contribution in [0.5, 0.6) is 0 Å². The summed E-state index contributed by atoms with van der Waals surface area (Å²) in [6.07, 6.45) is 2.28. The Balaban J connectivity index is 2.29. The third-order valence-corrected chi connectivity index (χ3v) is 5.48. The lowest BCUT2D eigenvalue weighted by molar-refractivity contribution is 0.0525. The van der Waals surface area contributed by atoms with Gasteiger partial charge < -0.3 is 9.64 Å². The first-order valence-electron chi connectivity index (χ1n) is 7.26. The van der Waals surface area contributed by atoms with E-state index in [4.69, 9.17) is 4.74 Å². The number of rotatable bonds is 5. The fourth-order valence-corrected chi connectivity index (χ4v) is 3.78. The Morgan fingerprint density at radius 2 is 2.05 bits per heavy atom. The average molecular weight is 297 g/mol. The molecule has 1 atom stereocenters. The van der Waals surface area contributed by atoms with Crippen LogP contribution in [0.2, 0.25) is 0 Å². The van der Waals surface area contributed by atoms with Crippen molar-refractivity contribution in [2.24, 2.45) is 0 Å². The van der Waals surface area contributed by atoms with Crippen molar-refractivity contribution in [2.45, 2.75) is 37.7 Å². The van der Waals surface area contributed by atoms with Crippen LogP contribution in [0.4, 0.5) is 5.69 Å². The summed E-state index contributed by atoms with van der Waals surface area (Å²) in [5, 5.41) is 0. The van der Waals surface area contributed by atoms with E-state index in [1.54, 1.807) is 19.1 Å². The lowest BCUT2D eigenvalue weighted by atomic mass is 10.1. The number of ether oxygens (including phenoxy) is 1. The van der Waals surface area contributed by atoms with Gasteiger partial charge >= 0.3 is 0 Å². The van der Waals surface area contributed by atoms with Gasteiger partial charge in [0.05, 0.1) is 22.4 Å². The summed E-state index contributed by atoms with van der Waals surface area (Å²) >= 11 is 0. The van der Waals surface area contributed by atoms with Crippen molar-refractivity contribution in [2.75, 3.05) is 30.3 Å². The van der Waals surface area contributed by atoms with Gasteiger partial charge in [-0.3, -0.25) is 0 Å². The van der Waals surface area contributed by atoms with E-state index in [1.165, 1.54) is 0 Å². The molecule has 112 valence electrons. The topological polar surface area (TPSA) is 46.6 Å². The molecule has 5 heteroatoms. The first-order chi connectivity index (χ1) is 9.58. The molecule has 1 heterocycles. The van der Waals surface area contributed by atoms with Gasteiger partial charge in [-0.1, -0.05) is 19.1 Å². The normalized spacial score (nSPS) is 20.1. The molecule has 1 aliphatic rings. The van der Waals surface area contributed by atoms with Crippen LogP contribution in [0.3, 0.4) is 0 Å². The van der Waals surface area contributed by atoms with Crippen molar-refractivity contribution >= 4 is 15.5 Å². The number of hydrogen-bond donors (Lipinski definition) is 0. The number of hydrogen-bond acceptors (Lipinski definition) is 4. The Hall–Kier alpha value is -1.07. The van der Waals surface area contributed by atoms with Gasteiger partial charge in [0.25, 0.3) is 0 Å². The summed E-state index contributed by atoms with van der Waals surface area (Å²) in [4.78, 5) is 2.59. The highest BCUT2D eigenvalue weighted by molar-refractivity contribution is 7.91. The molecule has 0 spiro atoms. The summed E-state index contributed by atoms with van der Waals surface area (Å²) in [7, 11) is -3.19. The molecule has 0 aliphatic carbocycles. The van der Waals surface area contributed by atoms with Crippen molar-refractivity contribution in [1.82, 2.24) is 0 Å². The number of benzene rings is 1. The summed E-state index contributed by atoms with van der Waals surface area (Å²) in [6.45, 7) is 6.04. The van der Waals surface area contributed by atoms with E-state index in [0.717, 1.165) is 31.6 Å². The third-order valence-electron chi connectivity index (χ3n) is 3.70. The second-order valence-electron chi connectivity index (χ2n) is 5.04. The minimum absolute atomic E-state index is 0.132. The zero-order valence-corrected chi connectivity index (χ0v) is 13.0. The molecule has 2 rings (SSSR count). The zero-order valence-electron chi connectivity index (χ0n) is 12.2. The molecule has 0 N–H and O–H groups in total. The maximum atomic E-state index is 12.2. The predicted octanol–water partition coefficient (Wildman–Crippen LogP) is 2.49. The highest BCUT2D eigenvalue weighted by Crippen LogP contribution is 2.29. The Kier molecular flexibility index (Phi) is 5.05. The summed E-state index contributed by atoms with van der Waals surface area (Å²) in [6, 6.07) is 7.29. The highest BCUT2D eigenvalue weighted by Gasteiger charge is 2.25. The Morgan fingerprint density at radius 1 is 1.30 bits per heavy atom. The molecule has 0 aromatic heterocycles. The van der Waals surface area contributed by atoms with E-state index >= 15 is 0 Å². The van der Waals surface area contributed by atoms with Crippen molar-refractivity contribution in [1.29, 1.82) is 0 Å². The molecule has 0 unspecified atom stereocenters. The van der Waals surface area contributed by atoms with E-state index < -0.39 is 9.84 Å². The smallest absolute Gasteiger partial charge is 0.180 e. The Labute approximate surface area is 121 Å². The first-order valence-corrected chi connectivity index (χ1v) is 8.92. The number of nitrogens with zero attached hydrogens (tertiary/aromatic N) is 1. The minimum Gasteiger partial charge on any atom is -0.377 e.